The van der Waals surface area contributed by atoms with Crippen molar-refractivity contribution in [3.63, 3.8) is 0 Å². The molecule has 5 aromatic rings. The summed E-state index contributed by atoms with van der Waals surface area (Å²) in [6, 6.07) is 18.5. The smallest absolute Gasteiger partial charge is 0.259 e. The number of carbonyl (C=O) groups excluding carboxylic acids is 1. The van der Waals surface area contributed by atoms with Crippen LogP contribution >= 0.6 is 11.6 Å². The van der Waals surface area contributed by atoms with Crippen molar-refractivity contribution >= 4 is 28.6 Å². The van der Waals surface area contributed by atoms with E-state index in [1.54, 1.807) is 30.0 Å². The number of carbonyl (C=O) groups is 1. The molecule has 2 aromatic carbocycles. The highest BCUT2D eigenvalue weighted by Gasteiger charge is 2.27. The Morgan fingerprint density at radius 2 is 1.80 bits per heavy atom. The standard InChI is InChI=1S/C26H22ClN5O3/c1-15(2)32(14-22-29-30-24(34-22)18-11-7-8-12-20(18)27)26(33)19-13-21(17-9-5-4-6-10-17)28-25-23(19)16(3)31-35-25/h4-13,15H,14H2,1-3H3. The van der Waals surface area contributed by atoms with Gasteiger partial charge in [0.05, 0.1) is 39.5 Å². The molecular formula is C26H22ClN5O3. The minimum absolute atomic E-state index is 0.128. The van der Waals surface area contributed by atoms with Gasteiger partial charge in [-0.2, -0.15) is 0 Å². The first-order valence-electron chi connectivity index (χ1n) is 11.1. The maximum atomic E-state index is 13.9. The number of rotatable bonds is 6. The van der Waals surface area contributed by atoms with Crippen molar-refractivity contribution in [2.75, 3.05) is 0 Å². The van der Waals surface area contributed by atoms with Crippen molar-refractivity contribution in [3.8, 4) is 22.7 Å². The topological polar surface area (TPSA) is 98.2 Å². The number of hydrogen-bond donors (Lipinski definition) is 0. The van der Waals surface area contributed by atoms with Gasteiger partial charge in [0.15, 0.2) is 0 Å². The Labute approximate surface area is 206 Å². The van der Waals surface area contributed by atoms with E-state index in [2.05, 4.69) is 20.3 Å². The number of aryl methyl sites for hydroxylation is 1. The molecule has 176 valence electrons. The van der Waals surface area contributed by atoms with Gasteiger partial charge in [-0.15, -0.1) is 10.2 Å². The average Bonchev–Trinajstić information content (AvgIpc) is 3.49. The van der Waals surface area contributed by atoms with Gasteiger partial charge in [-0.1, -0.05) is 59.2 Å². The van der Waals surface area contributed by atoms with Crippen LogP contribution in [0.2, 0.25) is 5.02 Å². The molecule has 0 bridgehead atoms. The number of pyridine rings is 1. The van der Waals surface area contributed by atoms with Crippen molar-refractivity contribution in [2.45, 2.75) is 33.4 Å². The highest BCUT2D eigenvalue weighted by molar-refractivity contribution is 6.33. The molecule has 3 aromatic heterocycles. The summed E-state index contributed by atoms with van der Waals surface area (Å²) in [6.07, 6.45) is 0. The maximum Gasteiger partial charge on any atom is 0.259 e. The van der Waals surface area contributed by atoms with Gasteiger partial charge in [-0.05, 0) is 39.0 Å². The van der Waals surface area contributed by atoms with Crippen molar-refractivity contribution < 1.29 is 13.7 Å². The Morgan fingerprint density at radius 1 is 1.06 bits per heavy atom. The van der Waals surface area contributed by atoms with Crippen LogP contribution in [0, 0.1) is 6.92 Å². The van der Waals surface area contributed by atoms with E-state index >= 15 is 0 Å². The van der Waals surface area contributed by atoms with Gasteiger partial charge >= 0.3 is 0 Å². The van der Waals surface area contributed by atoms with Crippen LogP contribution < -0.4 is 0 Å². The lowest BCUT2D eigenvalue weighted by Crippen LogP contribution is -2.36. The van der Waals surface area contributed by atoms with Crippen LogP contribution in [-0.2, 0) is 6.54 Å². The molecule has 9 heteroatoms. The van der Waals surface area contributed by atoms with Gasteiger partial charge in [-0.25, -0.2) is 4.98 Å². The predicted molar refractivity (Wildman–Crippen MR) is 132 cm³/mol. The van der Waals surface area contributed by atoms with Gasteiger partial charge in [0.2, 0.25) is 11.8 Å². The molecule has 3 heterocycles. The number of fused-ring (bicyclic) bond motifs is 1. The van der Waals surface area contributed by atoms with E-state index in [4.69, 9.17) is 20.5 Å². The molecule has 1 amide bonds. The highest BCUT2D eigenvalue weighted by atomic mass is 35.5. The van der Waals surface area contributed by atoms with Gasteiger partial charge < -0.3 is 13.8 Å². The van der Waals surface area contributed by atoms with E-state index in [-0.39, 0.29) is 18.5 Å². The molecule has 0 aliphatic carbocycles. The number of halogens is 1. The summed E-state index contributed by atoms with van der Waals surface area (Å²) in [5.74, 6) is 0.389. The quantitative estimate of drug-likeness (QED) is 0.291. The van der Waals surface area contributed by atoms with Crippen LogP contribution in [-0.4, -0.2) is 37.2 Å². The van der Waals surface area contributed by atoms with Crippen LogP contribution in [0.4, 0.5) is 0 Å². The van der Waals surface area contributed by atoms with Crippen molar-refractivity contribution in [2.24, 2.45) is 0 Å². The maximum absolute atomic E-state index is 13.9. The monoisotopic (exact) mass is 487 g/mol. The summed E-state index contributed by atoms with van der Waals surface area (Å²) in [6.45, 7) is 5.78. The second kappa shape index (κ2) is 9.31. The largest absolute Gasteiger partial charge is 0.419 e. The molecule has 0 atom stereocenters. The lowest BCUT2D eigenvalue weighted by molar-refractivity contribution is 0.0674. The van der Waals surface area contributed by atoms with E-state index in [0.717, 1.165) is 5.56 Å². The third-order valence-corrected chi connectivity index (χ3v) is 6.01. The van der Waals surface area contributed by atoms with Gasteiger partial charge in [0, 0.05) is 11.6 Å². The van der Waals surface area contributed by atoms with Crippen molar-refractivity contribution in [1.29, 1.82) is 0 Å². The zero-order valence-corrected chi connectivity index (χ0v) is 20.2. The summed E-state index contributed by atoms with van der Waals surface area (Å²) < 4.78 is 11.3. The van der Waals surface area contributed by atoms with E-state index < -0.39 is 0 Å². The van der Waals surface area contributed by atoms with E-state index in [1.165, 1.54) is 0 Å². The SMILES string of the molecule is Cc1noc2nc(-c3ccccc3)cc(C(=O)N(Cc3nnc(-c4ccccc4Cl)o3)C(C)C)c12. The Morgan fingerprint density at radius 3 is 2.54 bits per heavy atom. The van der Waals surface area contributed by atoms with Gasteiger partial charge in [0.25, 0.3) is 11.6 Å². The first-order valence-corrected chi connectivity index (χ1v) is 11.5. The number of nitrogens with zero attached hydrogens (tertiary/aromatic N) is 5. The molecule has 0 radical (unpaired) electrons. The molecule has 0 saturated carbocycles. The molecule has 0 aliphatic rings. The van der Waals surface area contributed by atoms with Gasteiger partial charge in [-0.3, -0.25) is 4.79 Å². The normalized spacial score (nSPS) is 11.3. The number of amides is 1. The second-order valence-corrected chi connectivity index (χ2v) is 8.78. The Bertz CT molecular complexity index is 1510. The lowest BCUT2D eigenvalue weighted by Gasteiger charge is -2.25. The fraction of sp³-hybridized carbons (Fsp3) is 0.192. The molecule has 0 N–H and O–H groups in total. The molecule has 5 rings (SSSR count). The summed E-state index contributed by atoms with van der Waals surface area (Å²) in [5.41, 5.74) is 3.49. The molecule has 0 saturated heterocycles. The van der Waals surface area contributed by atoms with Crippen molar-refractivity contribution in [3.05, 3.63) is 82.8 Å². The molecule has 0 unspecified atom stereocenters. The minimum Gasteiger partial charge on any atom is -0.419 e. The van der Waals surface area contributed by atoms with Crippen molar-refractivity contribution in [1.82, 2.24) is 25.2 Å². The zero-order valence-electron chi connectivity index (χ0n) is 19.4. The third kappa shape index (κ3) is 4.40. The average molecular weight is 488 g/mol. The Kier molecular flexibility index (Phi) is 6.05. The zero-order chi connectivity index (χ0) is 24.5. The molecule has 0 fully saturated rings. The first kappa shape index (κ1) is 22.7. The summed E-state index contributed by atoms with van der Waals surface area (Å²) in [7, 11) is 0. The fourth-order valence-electron chi connectivity index (χ4n) is 3.87. The lowest BCUT2D eigenvalue weighted by atomic mass is 10.0. The molecule has 35 heavy (non-hydrogen) atoms. The number of benzene rings is 2. The number of aromatic nitrogens is 4. The van der Waals surface area contributed by atoms with Crippen LogP contribution in [0.1, 0.15) is 35.8 Å². The van der Waals surface area contributed by atoms with Crippen LogP contribution in [0.3, 0.4) is 0 Å². The molecular weight excluding hydrogens is 466 g/mol. The minimum atomic E-state index is -0.214. The predicted octanol–water partition coefficient (Wildman–Crippen LogP) is 5.95. The van der Waals surface area contributed by atoms with E-state index in [1.807, 2.05) is 56.3 Å². The van der Waals surface area contributed by atoms with Crippen LogP contribution in [0.25, 0.3) is 33.8 Å². The van der Waals surface area contributed by atoms with Crippen LogP contribution in [0.5, 0.6) is 0 Å². The first-order chi connectivity index (χ1) is 16.9. The number of hydrogen-bond acceptors (Lipinski definition) is 7. The third-order valence-electron chi connectivity index (χ3n) is 5.68. The summed E-state index contributed by atoms with van der Waals surface area (Å²) in [5, 5.41) is 13.4. The Balaban J connectivity index is 1.52. The van der Waals surface area contributed by atoms with Gasteiger partial charge in [0.1, 0.15) is 0 Å². The molecule has 0 aliphatic heterocycles. The summed E-state index contributed by atoms with van der Waals surface area (Å²) >= 11 is 6.27. The summed E-state index contributed by atoms with van der Waals surface area (Å²) in [4.78, 5) is 20.1. The molecule has 8 nitrogen and oxygen atoms in total. The molecule has 0 spiro atoms. The van der Waals surface area contributed by atoms with Crippen LogP contribution in [0.15, 0.2) is 69.6 Å². The van der Waals surface area contributed by atoms with E-state index in [9.17, 15) is 4.79 Å². The second-order valence-electron chi connectivity index (χ2n) is 8.38. The van der Waals surface area contributed by atoms with E-state index in [0.29, 0.717) is 50.4 Å². The fourth-order valence-corrected chi connectivity index (χ4v) is 4.09. The Hall–Kier alpha value is -4.04. The highest BCUT2D eigenvalue weighted by Crippen LogP contribution is 2.30.